The lowest BCUT2D eigenvalue weighted by atomic mass is 10.1. The van der Waals surface area contributed by atoms with Crippen molar-refractivity contribution in [2.75, 3.05) is 6.54 Å². The summed E-state index contributed by atoms with van der Waals surface area (Å²) in [4.78, 5) is 0. The second-order valence-electron chi connectivity index (χ2n) is 4.69. The van der Waals surface area contributed by atoms with E-state index in [0.717, 1.165) is 25.3 Å². The van der Waals surface area contributed by atoms with E-state index in [2.05, 4.69) is 71.2 Å². The number of hydrogen-bond donors (Lipinski definition) is 1. The number of ether oxygens (including phenoxy) is 1. The summed E-state index contributed by atoms with van der Waals surface area (Å²) in [5, 5.41) is 3.44. The summed E-state index contributed by atoms with van der Waals surface area (Å²) in [7, 11) is 0. The van der Waals surface area contributed by atoms with Crippen molar-refractivity contribution < 1.29 is 4.74 Å². The highest BCUT2D eigenvalue weighted by atomic mass is 127. The molecule has 2 aromatic rings. The minimum atomic E-state index is 0.615. The van der Waals surface area contributed by atoms with Gasteiger partial charge in [-0.2, -0.15) is 0 Å². The van der Waals surface area contributed by atoms with E-state index in [4.69, 9.17) is 4.74 Å². The first-order valence-corrected chi connectivity index (χ1v) is 8.03. The van der Waals surface area contributed by atoms with Crippen molar-refractivity contribution in [2.45, 2.75) is 26.5 Å². The molecule has 0 atom stereocenters. The molecule has 3 heteroatoms. The summed E-state index contributed by atoms with van der Waals surface area (Å²) in [5.74, 6) is 0.924. The van der Waals surface area contributed by atoms with Gasteiger partial charge in [0.2, 0.25) is 0 Å². The van der Waals surface area contributed by atoms with Crippen LogP contribution in [-0.4, -0.2) is 6.54 Å². The van der Waals surface area contributed by atoms with Crippen molar-refractivity contribution in [1.29, 1.82) is 0 Å². The zero-order valence-electron chi connectivity index (χ0n) is 11.7. The quantitative estimate of drug-likeness (QED) is 0.568. The van der Waals surface area contributed by atoms with Crippen molar-refractivity contribution >= 4 is 22.6 Å². The molecule has 0 aromatic heterocycles. The Balaban J connectivity index is 1.98. The Bertz CT molecular complexity index is 542. The van der Waals surface area contributed by atoms with Crippen molar-refractivity contribution in [3.05, 3.63) is 63.2 Å². The first-order valence-electron chi connectivity index (χ1n) is 6.95. The van der Waals surface area contributed by atoms with Crippen LogP contribution in [0.25, 0.3) is 0 Å². The second kappa shape index (κ2) is 8.27. The van der Waals surface area contributed by atoms with Crippen LogP contribution in [0.5, 0.6) is 5.75 Å². The van der Waals surface area contributed by atoms with Crippen LogP contribution in [0.4, 0.5) is 0 Å². The van der Waals surface area contributed by atoms with Gasteiger partial charge in [-0.15, -0.1) is 0 Å². The van der Waals surface area contributed by atoms with Gasteiger partial charge in [-0.05, 0) is 64.9 Å². The molecular weight excluding hydrogens is 361 g/mol. The van der Waals surface area contributed by atoms with E-state index in [-0.39, 0.29) is 0 Å². The van der Waals surface area contributed by atoms with Crippen molar-refractivity contribution in [3.8, 4) is 5.75 Å². The fourth-order valence-corrected chi connectivity index (χ4v) is 2.50. The molecule has 1 N–H and O–H groups in total. The molecular formula is C17H20INO. The van der Waals surface area contributed by atoms with E-state index in [1.807, 2.05) is 12.1 Å². The van der Waals surface area contributed by atoms with Crippen LogP contribution in [0, 0.1) is 3.57 Å². The Labute approximate surface area is 134 Å². The topological polar surface area (TPSA) is 21.3 Å². The third-order valence-corrected chi connectivity index (χ3v) is 3.72. The van der Waals surface area contributed by atoms with Gasteiger partial charge in [0.25, 0.3) is 0 Å². The van der Waals surface area contributed by atoms with Gasteiger partial charge in [-0.25, -0.2) is 0 Å². The molecule has 2 nitrogen and oxygen atoms in total. The molecule has 20 heavy (non-hydrogen) atoms. The molecule has 2 rings (SSSR count). The van der Waals surface area contributed by atoms with E-state index in [1.165, 1.54) is 14.7 Å². The zero-order chi connectivity index (χ0) is 14.2. The van der Waals surface area contributed by atoms with Crippen molar-refractivity contribution in [2.24, 2.45) is 0 Å². The molecule has 0 aliphatic carbocycles. The predicted octanol–water partition coefficient (Wildman–Crippen LogP) is 4.37. The Kier molecular flexibility index (Phi) is 6.33. The SMILES string of the molecule is CCCNCc1ccccc1COc1cccc(I)c1. The van der Waals surface area contributed by atoms with Gasteiger partial charge < -0.3 is 10.1 Å². The van der Waals surface area contributed by atoms with Gasteiger partial charge in [-0.3, -0.25) is 0 Å². The summed E-state index contributed by atoms with van der Waals surface area (Å²) in [6.45, 7) is 4.74. The first-order chi connectivity index (χ1) is 9.79. The lowest BCUT2D eigenvalue weighted by Gasteiger charge is -2.12. The van der Waals surface area contributed by atoms with Crippen LogP contribution in [0.15, 0.2) is 48.5 Å². The Morgan fingerprint density at radius 1 is 1.05 bits per heavy atom. The number of hydrogen-bond acceptors (Lipinski definition) is 2. The minimum absolute atomic E-state index is 0.615. The highest BCUT2D eigenvalue weighted by Crippen LogP contribution is 2.17. The number of nitrogens with one attached hydrogen (secondary N) is 1. The van der Waals surface area contributed by atoms with Crippen molar-refractivity contribution in [3.63, 3.8) is 0 Å². The summed E-state index contributed by atoms with van der Waals surface area (Å²) < 4.78 is 7.08. The van der Waals surface area contributed by atoms with Gasteiger partial charge in [0.1, 0.15) is 12.4 Å². The largest absolute Gasteiger partial charge is 0.489 e. The van der Waals surface area contributed by atoms with Gasteiger partial charge >= 0.3 is 0 Å². The molecule has 0 aliphatic rings. The van der Waals surface area contributed by atoms with Gasteiger partial charge in [0, 0.05) is 10.1 Å². The van der Waals surface area contributed by atoms with Crippen LogP contribution in [0.1, 0.15) is 24.5 Å². The summed E-state index contributed by atoms with van der Waals surface area (Å²) in [6.07, 6.45) is 1.15. The first kappa shape index (κ1) is 15.3. The lowest BCUT2D eigenvalue weighted by Crippen LogP contribution is -2.15. The molecule has 0 saturated heterocycles. The molecule has 0 unspecified atom stereocenters. The van der Waals surface area contributed by atoms with Crippen LogP contribution in [0.3, 0.4) is 0 Å². The zero-order valence-corrected chi connectivity index (χ0v) is 13.9. The number of benzene rings is 2. The second-order valence-corrected chi connectivity index (χ2v) is 5.94. The third-order valence-electron chi connectivity index (χ3n) is 3.05. The molecule has 0 aliphatic heterocycles. The summed E-state index contributed by atoms with van der Waals surface area (Å²) >= 11 is 2.30. The highest BCUT2D eigenvalue weighted by Gasteiger charge is 2.03. The van der Waals surface area contributed by atoms with Crippen LogP contribution >= 0.6 is 22.6 Å². The molecule has 0 fully saturated rings. The molecule has 2 aromatic carbocycles. The molecule has 0 heterocycles. The van der Waals surface area contributed by atoms with Gasteiger partial charge in [-0.1, -0.05) is 37.3 Å². The van der Waals surface area contributed by atoms with E-state index in [0.29, 0.717) is 6.61 Å². The molecule has 106 valence electrons. The Morgan fingerprint density at radius 3 is 2.60 bits per heavy atom. The van der Waals surface area contributed by atoms with E-state index in [1.54, 1.807) is 0 Å². The maximum atomic E-state index is 5.89. The molecule has 0 spiro atoms. The van der Waals surface area contributed by atoms with Crippen LogP contribution < -0.4 is 10.1 Å². The predicted molar refractivity (Wildman–Crippen MR) is 91.9 cm³/mol. The monoisotopic (exact) mass is 381 g/mol. The summed E-state index contributed by atoms with van der Waals surface area (Å²) in [6, 6.07) is 16.6. The lowest BCUT2D eigenvalue weighted by molar-refractivity contribution is 0.304. The van der Waals surface area contributed by atoms with Crippen LogP contribution in [0.2, 0.25) is 0 Å². The van der Waals surface area contributed by atoms with E-state index >= 15 is 0 Å². The van der Waals surface area contributed by atoms with Crippen molar-refractivity contribution in [1.82, 2.24) is 5.32 Å². The Morgan fingerprint density at radius 2 is 1.85 bits per heavy atom. The maximum Gasteiger partial charge on any atom is 0.120 e. The average molecular weight is 381 g/mol. The van der Waals surface area contributed by atoms with Gasteiger partial charge in [0.15, 0.2) is 0 Å². The highest BCUT2D eigenvalue weighted by molar-refractivity contribution is 14.1. The number of halogens is 1. The fraction of sp³-hybridized carbons (Fsp3) is 0.294. The minimum Gasteiger partial charge on any atom is -0.489 e. The molecule has 0 saturated carbocycles. The fourth-order valence-electron chi connectivity index (χ4n) is 1.99. The smallest absolute Gasteiger partial charge is 0.120 e. The third kappa shape index (κ3) is 4.80. The standard InChI is InChI=1S/C17H20INO/c1-2-10-19-12-14-6-3-4-7-15(14)13-20-17-9-5-8-16(18)11-17/h3-9,11,19H,2,10,12-13H2,1H3. The maximum absolute atomic E-state index is 5.89. The normalized spacial score (nSPS) is 10.5. The Hall–Kier alpha value is -1.07. The number of rotatable bonds is 7. The van der Waals surface area contributed by atoms with E-state index in [9.17, 15) is 0 Å². The van der Waals surface area contributed by atoms with Gasteiger partial charge in [0.05, 0.1) is 0 Å². The van der Waals surface area contributed by atoms with Crippen LogP contribution in [-0.2, 0) is 13.2 Å². The van der Waals surface area contributed by atoms with E-state index < -0.39 is 0 Å². The molecule has 0 bridgehead atoms. The molecule has 0 amide bonds. The summed E-state index contributed by atoms with van der Waals surface area (Å²) in [5.41, 5.74) is 2.56. The average Bonchev–Trinajstić information content (AvgIpc) is 2.47. The molecule has 0 radical (unpaired) electrons.